The van der Waals surface area contributed by atoms with Crippen LogP contribution in [-0.4, -0.2) is 22.1 Å². The van der Waals surface area contributed by atoms with Crippen molar-refractivity contribution < 1.29 is 9.90 Å². The summed E-state index contributed by atoms with van der Waals surface area (Å²) in [5.41, 5.74) is 3.50. The lowest BCUT2D eigenvalue weighted by atomic mass is 9.75. The summed E-state index contributed by atoms with van der Waals surface area (Å²) >= 11 is 0. The monoisotopic (exact) mass is 278 g/mol. The number of carbonyl (C=O) groups is 1. The van der Waals surface area contributed by atoms with Crippen molar-refractivity contribution in [1.29, 1.82) is 0 Å². The zero-order valence-electron chi connectivity index (χ0n) is 13.0. The molecule has 20 heavy (non-hydrogen) atoms. The Morgan fingerprint density at radius 3 is 2.90 bits per heavy atom. The Balaban J connectivity index is 2.20. The highest BCUT2D eigenvalue weighted by molar-refractivity contribution is 5.75. The Hall–Kier alpha value is -1.29. The number of hydrogen-bond donors (Lipinski definition) is 2. The molecular weight excluding hydrogens is 252 g/mol. The van der Waals surface area contributed by atoms with Gasteiger partial charge in [-0.2, -0.15) is 0 Å². The first kappa shape index (κ1) is 15.1. The highest BCUT2D eigenvalue weighted by atomic mass is 16.3. The van der Waals surface area contributed by atoms with Crippen molar-refractivity contribution in [3.63, 3.8) is 0 Å². The number of aryl methyl sites for hydroxylation is 1. The summed E-state index contributed by atoms with van der Waals surface area (Å²) in [5.74, 6) is 0.0879. The molecule has 1 aliphatic rings. The molecule has 1 heterocycles. The number of amides is 1. The van der Waals surface area contributed by atoms with Crippen LogP contribution in [0.4, 0.5) is 0 Å². The summed E-state index contributed by atoms with van der Waals surface area (Å²) in [6, 6.07) is 2.08. The zero-order valence-corrected chi connectivity index (χ0v) is 13.0. The smallest absolute Gasteiger partial charge is 0.221 e. The van der Waals surface area contributed by atoms with Gasteiger partial charge in [-0.1, -0.05) is 13.8 Å². The van der Waals surface area contributed by atoms with Crippen LogP contribution in [0.25, 0.3) is 0 Å². The van der Waals surface area contributed by atoms with Crippen molar-refractivity contribution in [3.05, 3.63) is 23.0 Å². The molecule has 4 nitrogen and oxygen atoms in total. The minimum absolute atomic E-state index is 0.0879. The number of aliphatic hydroxyl groups excluding tert-OH is 1. The van der Waals surface area contributed by atoms with Gasteiger partial charge in [0.1, 0.15) is 0 Å². The molecule has 0 spiro atoms. The van der Waals surface area contributed by atoms with Crippen LogP contribution in [0.5, 0.6) is 0 Å². The molecule has 0 saturated heterocycles. The maximum atomic E-state index is 11.6. The summed E-state index contributed by atoms with van der Waals surface area (Å²) in [6.45, 7) is 9.73. The maximum absolute atomic E-state index is 11.6. The van der Waals surface area contributed by atoms with E-state index in [-0.39, 0.29) is 17.4 Å². The normalized spacial score (nSPS) is 20.6. The van der Waals surface area contributed by atoms with Gasteiger partial charge in [-0.15, -0.1) is 0 Å². The average molecular weight is 278 g/mol. The van der Waals surface area contributed by atoms with Gasteiger partial charge in [0.25, 0.3) is 0 Å². The van der Waals surface area contributed by atoms with Gasteiger partial charge in [-0.3, -0.25) is 4.79 Å². The molecule has 112 valence electrons. The first-order valence-electron chi connectivity index (χ1n) is 7.47. The van der Waals surface area contributed by atoms with Crippen LogP contribution < -0.4 is 5.32 Å². The van der Waals surface area contributed by atoms with Gasteiger partial charge in [-0.05, 0) is 38.2 Å². The van der Waals surface area contributed by atoms with Crippen molar-refractivity contribution in [2.45, 2.75) is 59.6 Å². The van der Waals surface area contributed by atoms with E-state index in [1.807, 2.05) is 6.92 Å². The van der Waals surface area contributed by atoms with E-state index in [2.05, 4.69) is 36.7 Å². The molecule has 1 unspecified atom stereocenters. The lowest BCUT2D eigenvalue weighted by molar-refractivity contribution is -0.121. The fourth-order valence-corrected chi connectivity index (χ4v) is 3.21. The second-order valence-electron chi connectivity index (χ2n) is 6.60. The number of hydrogen-bond acceptors (Lipinski definition) is 2. The molecule has 1 aromatic heterocycles. The van der Waals surface area contributed by atoms with E-state index in [9.17, 15) is 9.90 Å². The Morgan fingerprint density at radius 1 is 1.55 bits per heavy atom. The summed E-state index contributed by atoms with van der Waals surface area (Å²) in [7, 11) is 0. The number of fused-ring (bicyclic) bond motifs is 1. The average Bonchev–Trinajstić information content (AvgIpc) is 2.62. The number of nitrogens with zero attached hydrogens (tertiary/aromatic N) is 1. The van der Waals surface area contributed by atoms with Crippen LogP contribution in [0.2, 0.25) is 0 Å². The Kier molecular flexibility index (Phi) is 4.23. The molecule has 2 rings (SSSR count). The van der Waals surface area contributed by atoms with Crippen molar-refractivity contribution in [2.24, 2.45) is 5.41 Å². The van der Waals surface area contributed by atoms with E-state index in [1.54, 1.807) is 0 Å². The van der Waals surface area contributed by atoms with Crippen molar-refractivity contribution in [1.82, 2.24) is 9.88 Å². The van der Waals surface area contributed by atoms with Crippen LogP contribution in [0.15, 0.2) is 6.07 Å². The van der Waals surface area contributed by atoms with Crippen LogP contribution in [0, 0.1) is 12.3 Å². The third-order valence-electron chi connectivity index (χ3n) is 4.14. The van der Waals surface area contributed by atoms with Crippen LogP contribution in [-0.2, 0) is 17.8 Å². The van der Waals surface area contributed by atoms with Gasteiger partial charge in [0.2, 0.25) is 5.91 Å². The van der Waals surface area contributed by atoms with Crippen LogP contribution in [0.1, 0.15) is 56.7 Å². The van der Waals surface area contributed by atoms with Gasteiger partial charge in [0, 0.05) is 36.5 Å². The molecule has 1 amide bonds. The molecule has 0 aromatic carbocycles. The standard InChI is InChI=1S/C16H26N2O2/c1-5-17-15(20)6-7-18-11(2)8-12-13(18)9-16(3,4)10-14(12)19/h8,14,19H,5-7,9-10H2,1-4H3,(H,17,20). The second kappa shape index (κ2) is 5.60. The molecule has 1 aromatic rings. The number of rotatable bonds is 4. The highest BCUT2D eigenvalue weighted by Crippen LogP contribution is 2.41. The molecule has 0 fully saturated rings. The molecule has 2 N–H and O–H groups in total. The predicted octanol–water partition coefficient (Wildman–Crippen LogP) is 2.33. The third kappa shape index (κ3) is 3.06. The SMILES string of the molecule is CCNC(=O)CCn1c(C)cc2c1CC(C)(C)CC2O. The number of carbonyl (C=O) groups excluding carboxylic acids is 1. The van der Waals surface area contributed by atoms with Crippen LogP contribution in [0.3, 0.4) is 0 Å². The molecule has 1 atom stereocenters. The van der Waals surface area contributed by atoms with E-state index in [0.717, 1.165) is 24.1 Å². The fourth-order valence-electron chi connectivity index (χ4n) is 3.21. The second-order valence-corrected chi connectivity index (χ2v) is 6.60. The lowest BCUT2D eigenvalue weighted by Gasteiger charge is -2.34. The molecule has 0 bridgehead atoms. The largest absolute Gasteiger partial charge is 0.388 e. The van der Waals surface area contributed by atoms with Crippen molar-refractivity contribution in [2.75, 3.05) is 6.54 Å². The van der Waals surface area contributed by atoms with E-state index >= 15 is 0 Å². The minimum Gasteiger partial charge on any atom is -0.388 e. The first-order chi connectivity index (χ1) is 9.34. The first-order valence-corrected chi connectivity index (χ1v) is 7.47. The van der Waals surface area contributed by atoms with Gasteiger partial charge >= 0.3 is 0 Å². The maximum Gasteiger partial charge on any atom is 0.221 e. The van der Waals surface area contributed by atoms with E-state index in [1.165, 1.54) is 5.69 Å². The zero-order chi connectivity index (χ0) is 14.9. The van der Waals surface area contributed by atoms with Gasteiger partial charge in [-0.25, -0.2) is 0 Å². The van der Waals surface area contributed by atoms with Gasteiger partial charge in [0.15, 0.2) is 0 Å². The molecular formula is C16H26N2O2. The summed E-state index contributed by atoms with van der Waals surface area (Å²) < 4.78 is 2.20. The topological polar surface area (TPSA) is 54.3 Å². The summed E-state index contributed by atoms with van der Waals surface area (Å²) in [5, 5.41) is 13.1. The quantitative estimate of drug-likeness (QED) is 0.888. The summed E-state index contributed by atoms with van der Waals surface area (Å²) in [6.07, 6.45) is 1.88. The highest BCUT2D eigenvalue weighted by Gasteiger charge is 2.33. The summed E-state index contributed by atoms with van der Waals surface area (Å²) in [4.78, 5) is 11.6. The van der Waals surface area contributed by atoms with E-state index in [4.69, 9.17) is 0 Å². The van der Waals surface area contributed by atoms with Gasteiger partial charge in [0.05, 0.1) is 6.10 Å². The lowest BCUT2D eigenvalue weighted by Crippen LogP contribution is -2.28. The molecule has 0 radical (unpaired) electrons. The predicted molar refractivity (Wildman–Crippen MR) is 79.5 cm³/mol. The van der Waals surface area contributed by atoms with E-state index < -0.39 is 0 Å². The van der Waals surface area contributed by atoms with Gasteiger partial charge < -0.3 is 15.0 Å². The van der Waals surface area contributed by atoms with Crippen LogP contribution >= 0.6 is 0 Å². The third-order valence-corrected chi connectivity index (χ3v) is 4.14. The Bertz CT molecular complexity index is 503. The number of aliphatic hydroxyl groups is 1. The van der Waals surface area contributed by atoms with Crippen molar-refractivity contribution >= 4 is 5.91 Å². The van der Waals surface area contributed by atoms with E-state index in [0.29, 0.717) is 19.5 Å². The number of aromatic nitrogens is 1. The molecule has 1 aliphatic carbocycles. The Labute approximate surface area is 121 Å². The number of nitrogens with one attached hydrogen (secondary N) is 1. The molecule has 4 heteroatoms. The Morgan fingerprint density at radius 2 is 2.25 bits per heavy atom. The minimum atomic E-state index is -0.377. The fraction of sp³-hybridized carbons (Fsp3) is 0.688. The molecule has 0 saturated carbocycles. The van der Waals surface area contributed by atoms with Crippen molar-refractivity contribution in [3.8, 4) is 0 Å². The molecule has 0 aliphatic heterocycles.